The molecule has 0 aliphatic carbocycles. The van der Waals surface area contributed by atoms with Crippen molar-refractivity contribution in [1.29, 1.82) is 0 Å². The second kappa shape index (κ2) is 9.06. The van der Waals surface area contributed by atoms with Gasteiger partial charge in [0.05, 0.1) is 17.2 Å². The Hall–Kier alpha value is -2.31. The molecule has 1 saturated heterocycles. The zero-order valence-electron chi connectivity index (χ0n) is 15.5. The van der Waals surface area contributed by atoms with Gasteiger partial charge in [-0.15, -0.1) is 0 Å². The van der Waals surface area contributed by atoms with Crippen LogP contribution in [0.4, 0.5) is 5.82 Å². The summed E-state index contributed by atoms with van der Waals surface area (Å²) in [5, 5.41) is 4.09. The number of hydrogen-bond acceptors (Lipinski definition) is 5. The molecule has 7 heteroatoms. The zero-order valence-corrected chi connectivity index (χ0v) is 16.2. The van der Waals surface area contributed by atoms with Gasteiger partial charge >= 0.3 is 0 Å². The number of nitrogens with zero attached hydrogens (tertiary/aromatic N) is 2. The van der Waals surface area contributed by atoms with Crippen LogP contribution >= 0.6 is 11.6 Å². The summed E-state index contributed by atoms with van der Waals surface area (Å²) in [6.07, 6.45) is 3.58. The van der Waals surface area contributed by atoms with Gasteiger partial charge in [0, 0.05) is 31.9 Å². The van der Waals surface area contributed by atoms with Gasteiger partial charge in [-0.1, -0.05) is 17.7 Å². The molecule has 1 fully saturated rings. The summed E-state index contributed by atoms with van der Waals surface area (Å²) in [6, 6.07) is 9.85. The van der Waals surface area contributed by atoms with E-state index in [1.54, 1.807) is 12.1 Å². The first kappa shape index (κ1) is 19.5. The summed E-state index contributed by atoms with van der Waals surface area (Å²) in [6.45, 7) is 5.45. The van der Waals surface area contributed by atoms with Gasteiger partial charge < -0.3 is 15.8 Å². The van der Waals surface area contributed by atoms with Crippen LogP contribution in [0.1, 0.15) is 35.7 Å². The highest BCUT2D eigenvalue weighted by molar-refractivity contribution is 6.32. The van der Waals surface area contributed by atoms with Crippen LogP contribution in [0, 0.1) is 0 Å². The summed E-state index contributed by atoms with van der Waals surface area (Å²) >= 11 is 6.16. The van der Waals surface area contributed by atoms with E-state index in [-0.39, 0.29) is 0 Å². The first-order chi connectivity index (χ1) is 13.0. The standard InChI is InChI=1S/C20H25ClN4O2/c1-2-27-18-11-14(3-5-17(18)21)13-25-9-7-16(8-10-25)24-19-6-4-15(12-23-19)20(22)26/h3-6,11-12,16H,2,7-10,13H2,1H3,(H2,22,26)(H,23,24). The van der Waals surface area contributed by atoms with E-state index in [0.29, 0.717) is 23.2 Å². The van der Waals surface area contributed by atoms with Crippen LogP contribution in [0.25, 0.3) is 0 Å². The number of benzene rings is 1. The number of hydrogen-bond donors (Lipinski definition) is 2. The maximum atomic E-state index is 11.1. The van der Waals surface area contributed by atoms with Crippen LogP contribution in [0.15, 0.2) is 36.5 Å². The molecule has 0 spiro atoms. The second-order valence-electron chi connectivity index (χ2n) is 6.69. The number of piperidine rings is 1. The molecule has 0 saturated carbocycles. The van der Waals surface area contributed by atoms with E-state index in [4.69, 9.17) is 22.1 Å². The fourth-order valence-electron chi connectivity index (χ4n) is 3.24. The number of nitrogens with one attached hydrogen (secondary N) is 1. The number of amides is 1. The molecule has 1 aromatic heterocycles. The third-order valence-corrected chi connectivity index (χ3v) is 5.00. The minimum Gasteiger partial charge on any atom is -0.492 e. The van der Waals surface area contributed by atoms with Crippen molar-refractivity contribution < 1.29 is 9.53 Å². The number of pyridine rings is 1. The quantitative estimate of drug-likeness (QED) is 0.760. The molecule has 0 atom stereocenters. The first-order valence-corrected chi connectivity index (χ1v) is 9.59. The number of anilines is 1. The number of nitrogens with two attached hydrogens (primary N) is 1. The molecule has 1 aliphatic heterocycles. The molecule has 2 aromatic rings. The number of ether oxygens (including phenoxy) is 1. The van der Waals surface area contributed by atoms with Crippen molar-refractivity contribution in [3.63, 3.8) is 0 Å². The van der Waals surface area contributed by atoms with E-state index in [0.717, 1.165) is 44.0 Å². The van der Waals surface area contributed by atoms with Gasteiger partial charge in [-0.25, -0.2) is 4.98 Å². The van der Waals surface area contributed by atoms with Crippen LogP contribution in [0.5, 0.6) is 5.75 Å². The lowest BCUT2D eigenvalue weighted by Crippen LogP contribution is -2.38. The highest BCUT2D eigenvalue weighted by atomic mass is 35.5. The number of rotatable bonds is 7. The Morgan fingerprint density at radius 3 is 2.74 bits per heavy atom. The number of aromatic nitrogens is 1. The van der Waals surface area contributed by atoms with Crippen LogP contribution in [0.2, 0.25) is 5.02 Å². The number of likely N-dealkylation sites (tertiary alicyclic amines) is 1. The predicted molar refractivity (Wildman–Crippen MR) is 107 cm³/mol. The number of carbonyl (C=O) groups excluding carboxylic acids is 1. The van der Waals surface area contributed by atoms with Gasteiger partial charge in [-0.3, -0.25) is 9.69 Å². The molecule has 3 rings (SSSR count). The topological polar surface area (TPSA) is 80.5 Å². The average molecular weight is 389 g/mol. The van der Waals surface area contributed by atoms with E-state index in [2.05, 4.69) is 21.3 Å². The second-order valence-corrected chi connectivity index (χ2v) is 7.10. The minimum atomic E-state index is -0.461. The fourth-order valence-corrected chi connectivity index (χ4v) is 3.41. The first-order valence-electron chi connectivity index (χ1n) is 9.21. The van der Waals surface area contributed by atoms with E-state index < -0.39 is 5.91 Å². The average Bonchev–Trinajstić information content (AvgIpc) is 2.67. The van der Waals surface area contributed by atoms with E-state index in [1.807, 2.05) is 19.1 Å². The highest BCUT2D eigenvalue weighted by Gasteiger charge is 2.20. The Morgan fingerprint density at radius 2 is 2.11 bits per heavy atom. The molecule has 2 heterocycles. The maximum absolute atomic E-state index is 11.1. The SMILES string of the molecule is CCOc1cc(CN2CCC(Nc3ccc(C(N)=O)cn3)CC2)ccc1Cl. The van der Waals surface area contributed by atoms with Crippen molar-refractivity contribution >= 4 is 23.3 Å². The monoisotopic (exact) mass is 388 g/mol. The van der Waals surface area contributed by atoms with Gasteiger partial charge in [-0.2, -0.15) is 0 Å². The summed E-state index contributed by atoms with van der Waals surface area (Å²) in [7, 11) is 0. The van der Waals surface area contributed by atoms with Crippen molar-refractivity contribution in [2.24, 2.45) is 5.73 Å². The largest absolute Gasteiger partial charge is 0.492 e. The third kappa shape index (κ3) is 5.34. The Kier molecular flexibility index (Phi) is 6.53. The lowest BCUT2D eigenvalue weighted by atomic mass is 10.0. The number of primary amides is 1. The summed E-state index contributed by atoms with van der Waals surface area (Å²) < 4.78 is 5.58. The maximum Gasteiger partial charge on any atom is 0.250 e. The predicted octanol–water partition coefficient (Wildman–Crippen LogP) is 3.31. The summed E-state index contributed by atoms with van der Waals surface area (Å²) in [5.74, 6) is 1.06. The van der Waals surface area contributed by atoms with Gasteiger partial charge in [0.2, 0.25) is 5.91 Å². The molecule has 1 aliphatic rings. The Balaban J connectivity index is 1.50. The molecule has 0 radical (unpaired) electrons. The van der Waals surface area contributed by atoms with E-state index >= 15 is 0 Å². The molecule has 144 valence electrons. The van der Waals surface area contributed by atoms with Crippen molar-refractivity contribution in [2.75, 3.05) is 25.0 Å². The minimum absolute atomic E-state index is 0.373. The lowest BCUT2D eigenvalue weighted by Gasteiger charge is -2.32. The van der Waals surface area contributed by atoms with Crippen LogP contribution < -0.4 is 15.8 Å². The fraction of sp³-hybridized carbons (Fsp3) is 0.400. The molecule has 0 unspecified atom stereocenters. The Bertz CT molecular complexity index is 774. The van der Waals surface area contributed by atoms with Gasteiger partial charge in [0.25, 0.3) is 0 Å². The van der Waals surface area contributed by atoms with Crippen molar-refractivity contribution in [1.82, 2.24) is 9.88 Å². The van der Waals surface area contributed by atoms with Crippen molar-refractivity contribution in [2.45, 2.75) is 32.4 Å². The molecule has 0 bridgehead atoms. The van der Waals surface area contributed by atoms with Gasteiger partial charge in [0.15, 0.2) is 0 Å². The smallest absolute Gasteiger partial charge is 0.250 e. The molecule has 27 heavy (non-hydrogen) atoms. The molecular formula is C20H25ClN4O2. The van der Waals surface area contributed by atoms with Crippen LogP contribution in [-0.2, 0) is 6.54 Å². The molecule has 6 nitrogen and oxygen atoms in total. The molecule has 3 N–H and O–H groups in total. The highest BCUT2D eigenvalue weighted by Crippen LogP contribution is 2.27. The Labute approximate surface area is 164 Å². The molecule has 1 amide bonds. The van der Waals surface area contributed by atoms with E-state index in [1.165, 1.54) is 11.8 Å². The number of carbonyl (C=O) groups is 1. The Morgan fingerprint density at radius 1 is 1.33 bits per heavy atom. The normalized spacial score (nSPS) is 15.5. The summed E-state index contributed by atoms with van der Waals surface area (Å²) in [4.78, 5) is 17.8. The number of halogens is 1. The van der Waals surface area contributed by atoms with E-state index in [9.17, 15) is 4.79 Å². The van der Waals surface area contributed by atoms with Gasteiger partial charge in [0.1, 0.15) is 11.6 Å². The van der Waals surface area contributed by atoms with Gasteiger partial charge in [-0.05, 0) is 49.6 Å². The summed E-state index contributed by atoms with van der Waals surface area (Å²) in [5.41, 5.74) is 6.87. The van der Waals surface area contributed by atoms with Crippen molar-refractivity contribution in [3.8, 4) is 5.75 Å². The van der Waals surface area contributed by atoms with Crippen LogP contribution in [0.3, 0.4) is 0 Å². The third-order valence-electron chi connectivity index (χ3n) is 4.69. The zero-order chi connectivity index (χ0) is 19.2. The molecular weight excluding hydrogens is 364 g/mol. The van der Waals surface area contributed by atoms with Crippen molar-refractivity contribution in [3.05, 3.63) is 52.7 Å². The van der Waals surface area contributed by atoms with Crippen LogP contribution in [-0.4, -0.2) is 41.5 Å². The molecule has 1 aromatic carbocycles. The lowest BCUT2D eigenvalue weighted by molar-refractivity contribution is 0.1000.